The van der Waals surface area contributed by atoms with E-state index < -0.39 is 0 Å². The number of thioether (sulfide) groups is 1. The van der Waals surface area contributed by atoms with Crippen molar-refractivity contribution in [2.24, 2.45) is 0 Å². The van der Waals surface area contributed by atoms with E-state index in [4.69, 9.17) is 5.73 Å². The predicted octanol–water partition coefficient (Wildman–Crippen LogP) is 3.83. The second-order valence-electron chi connectivity index (χ2n) is 4.90. The van der Waals surface area contributed by atoms with Crippen LogP contribution in [0.2, 0.25) is 0 Å². The van der Waals surface area contributed by atoms with Gasteiger partial charge in [-0.3, -0.25) is 0 Å². The first-order chi connectivity index (χ1) is 7.77. The summed E-state index contributed by atoms with van der Waals surface area (Å²) in [6.45, 7) is 0. The number of anilines is 1. The van der Waals surface area contributed by atoms with Crippen molar-refractivity contribution in [3.8, 4) is 0 Å². The summed E-state index contributed by atoms with van der Waals surface area (Å²) in [5.41, 5.74) is 8.56. The molecule has 1 aliphatic carbocycles. The summed E-state index contributed by atoms with van der Waals surface area (Å²) in [4.78, 5) is 0. The average molecular weight is 235 g/mol. The van der Waals surface area contributed by atoms with Crippen molar-refractivity contribution in [1.82, 2.24) is 0 Å². The van der Waals surface area contributed by atoms with Gasteiger partial charge in [-0.1, -0.05) is 31.4 Å². The third kappa shape index (κ3) is 2.37. The molecule has 1 aliphatic rings. The zero-order chi connectivity index (χ0) is 11.4. The van der Waals surface area contributed by atoms with Crippen LogP contribution in [0.3, 0.4) is 0 Å². The fourth-order valence-corrected chi connectivity index (χ4v) is 3.87. The third-order valence-corrected chi connectivity index (χ3v) is 4.60. The molecular formula is C14H21NS. The number of hydrogen-bond acceptors (Lipinski definition) is 2. The molecule has 1 aromatic rings. The molecule has 0 aromatic heterocycles. The Labute approximate surface area is 103 Å². The molecule has 16 heavy (non-hydrogen) atoms. The van der Waals surface area contributed by atoms with E-state index in [2.05, 4.69) is 18.4 Å². The van der Waals surface area contributed by atoms with Crippen LogP contribution in [0, 0.1) is 0 Å². The smallest absolute Gasteiger partial charge is 0.0314 e. The Morgan fingerprint density at radius 1 is 1.12 bits per heavy atom. The molecule has 2 rings (SSSR count). The molecule has 0 amide bonds. The maximum Gasteiger partial charge on any atom is 0.0314 e. The molecule has 0 aliphatic heterocycles. The van der Waals surface area contributed by atoms with E-state index in [1.54, 1.807) is 0 Å². The van der Waals surface area contributed by atoms with Gasteiger partial charge in [-0.05, 0) is 36.8 Å². The molecule has 88 valence electrons. The Kier molecular flexibility index (Phi) is 3.80. The monoisotopic (exact) mass is 235 g/mol. The molecule has 2 N–H and O–H groups in total. The van der Waals surface area contributed by atoms with E-state index in [9.17, 15) is 0 Å². The van der Waals surface area contributed by atoms with Gasteiger partial charge in [0.1, 0.15) is 0 Å². The highest BCUT2D eigenvalue weighted by Crippen LogP contribution is 2.41. The minimum Gasteiger partial charge on any atom is -0.399 e. The molecule has 0 radical (unpaired) electrons. The van der Waals surface area contributed by atoms with Crippen molar-refractivity contribution in [3.63, 3.8) is 0 Å². The van der Waals surface area contributed by atoms with Crippen LogP contribution < -0.4 is 5.73 Å². The van der Waals surface area contributed by atoms with Gasteiger partial charge in [-0.2, -0.15) is 11.8 Å². The van der Waals surface area contributed by atoms with E-state index in [0.29, 0.717) is 5.41 Å². The third-order valence-electron chi connectivity index (χ3n) is 3.75. The lowest BCUT2D eigenvalue weighted by atomic mass is 9.71. The van der Waals surface area contributed by atoms with Crippen LogP contribution in [0.5, 0.6) is 0 Å². The first-order valence-corrected chi connectivity index (χ1v) is 7.51. The average Bonchev–Trinajstić information content (AvgIpc) is 2.31. The summed E-state index contributed by atoms with van der Waals surface area (Å²) < 4.78 is 0. The maximum absolute atomic E-state index is 5.77. The molecule has 1 aromatic carbocycles. The summed E-state index contributed by atoms with van der Waals surface area (Å²) in [5, 5.41) is 0. The van der Waals surface area contributed by atoms with E-state index in [1.165, 1.54) is 43.4 Å². The minimum atomic E-state index is 0.422. The lowest BCUT2D eigenvalue weighted by Crippen LogP contribution is -2.31. The SMILES string of the molecule is CSCC1(c2ccc(N)cc2)CCCCC1. The highest BCUT2D eigenvalue weighted by atomic mass is 32.2. The van der Waals surface area contributed by atoms with Crippen LogP contribution in [-0.2, 0) is 5.41 Å². The normalized spacial score (nSPS) is 19.6. The first kappa shape index (κ1) is 11.8. The van der Waals surface area contributed by atoms with E-state index >= 15 is 0 Å². The van der Waals surface area contributed by atoms with Gasteiger partial charge in [0.2, 0.25) is 0 Å². The van der Waals surface area contributed by atoms with Gasteiger partial charge in [0, 0.05) is 16.9 Å². The molecule has 0 heterocycles. The lowest BCUT2D eigenvalue weighted by molar-refractivity contribution is 0.326. The molecule has 0 spiro atoms. The first-order valence-electron chi connectivity index (χ1n) is 6.12. The summed E-state index contributed by atoms with van der Waals surface area (Å²) in [6.07, 6.45) is 9.07. The highest BCUT2D eigenvalue weighted by molar-refractivity contribution is 7.98. The fourth-order valence-electron chi connectivity index (χ4n) is 2.86. The van der Waals surface area contributed by atoms with Crippen LogP contribution in [0.15, 0.2) is 24.3 Å². The molecule has 0 unspecified atom stereocenters. The van der Waals surface area contributed by atoms with Crippen molar-refractivity contribution in [1.29, 1.82) is 0 Å². The summed E-state index contributed by atoms with van der Waals surface area (Å²) in [5.74, 6) is 1.25. The van der Waals surface area contributed by atoms with Crippen LogP contribution in [-0.4, -0.2) is 12.0 Å². The van der Waals surface area contributed by atoms with E-state index in [-0.39, 0.29) is 0 Å². The zero-order valence-corrected chi connectivity index (χ0v) is 10.9. The van der Waals surface area contributed by atoms with E-state index in [1.807, 2.05) is 23.9 Å². The Balaban J connectivity index is 2.26. The van der Waals surface area contributed by atoms with Crippen molar-refractivity contribution < 1.29 is 0 Å². The Bertz CT molecular complexity index is 320. The molecule has 1 fully saturated rings. The molecule has 0 bridgehead atoms. The van der Waals surface area contributed by atoms with Gasteiger partial charge >= 0.3 is 0 Å². The van der Waals surface area contributed by atoms with Crippen molar-refractivity contribution in [2.75, 3.05) is 17.7 Å². The van der Waals surface area contributed by atoms with Crippen molar-refractivity contribution in [2.45, 2.75) is 37.5 Å². The number of rotatable bonds is 3. The molecule has 0 atom stereocenters. The van der Waals surface area contributed by atoms with Crippen LogP contribution >= 0.6 is 11.8 Å². The number of nitrogens with two attached hydrogens (primary N) is 1. The Hall–Kier alpha value is -0.630. The summed E-state index contributed by atoms with van der Waals surface area (Å²) in [6, 6.07) is 8.56. The van der Waals surface area contributed by atoms with Gasteiger partial charge in [-0.25, -0.2) is 0 Å². The van der Waals surface area contributed by atoms with Crippen LogP contribution in [0.4, 0.5) is 5.69 Å². The van der Waals surface area contributed by atoms with Gasteiger partial charge in [0.25, 0.3) is 0 Å². The molecule has 2 heteroatoms. The number of nitrogen functional groups attached to an aromatic ring is 1. The van der Waals surface area contributed by atoms with Gasteiger partial charge in [0.05, 0.1) is 0 Å². The quantitative estimate of drug-likeness (QED) is 0.806. The Morgan fingerprint density at radius 2 is 1.75 bits per heavy atom. The minimum absolute atomic E-state index is 0.422. The van der Waals surface area contributed by atoms with Crippen LogP contribution in [0.1, 0.15) is 37.7 Å². The molecule has 0 saturated heterocycles. The largest absolute Gasteiger partial charge is 0.399 e. The van der Waals surface area contributed by atoms with Gasteiger partial charge < -0.3 is 5.73 Å². The standard InChI is InChI=1S/C14H21NS/c1-16-11-14(9-3-2-4-10-14)12-5-7-13(15)8-6-12/h5-8H,2-4,9-11,15H2,1H3. The second-order valence-corrected chi connectivity index (χ2v) is 5.76. The maximum atomic E-state index is 5.77. The second kappa shape index (κ2) is 5.13. The van der Waals surface area contributed by atoms with Crippen LogP contribution in [0.25, 0.3) is 0 Å². The van der Waals surface area contributed by atoms with Gasteiger partial charge in [0.15, 0.2) is 0 Å². The van der Waals surface area contributed by atoms with Crippen molar-refractivity contribution >= 4 is 17.4 Å². The van der Waals surface area contributed by atoms with Crippen molar-refractivity contribution in [3.05, 3.63) is 29.8 Å². The summed E-state index contributed by atoms with van der Waals surface area (Å²) in [7, 11) is 0. The fraction of sp³-hybridized carbons (Fsp3) is 0.571. The molecular weight excluding hydrogens is 214 g/mol. The summed E-state index contributed by atoms with van der Waals surface area (Å²) >= 11 is 1.97. The number of hydrogen-bond donors (Lipinski definition) is 1. The topological polar surface area (TPSA) is 26.0 Å². The van der Waals surface area contributed by atoms with Gasteiger partial charge in [-0.15, -0.1) is 0 Å². The zero-order valence-electron chi connectivity index (χ0n) is 10.0. The predicted molar refractivity (Wildman–Crippen MR) is 74.0 cm³/mol. The Morgan fingerprint density at radius 3 is 2.31 bits per heavy atom. The highest BCUT2D eigenvalue weighted by Gasteiger charge is 2.33. The molecule has 1 saturated carbocycles. The van der Waals surface area contributed by atoms with E-state index in [0.717, 1.165) is 5.69 Å². The lowest BCUT2D eigenvalue weighted by Gasteiger charge is -2.37. The molecule has 1 nitrogen and oxygen atoms in total. The number of benzene rings is 1.